The maximum absolute atomic E-state index is 4.72. The van der Waals surface area contributed by atoms with Gasteiger partial charge in [0.05, 0.1) is 0 Å². The molecule has 1 aliphatic carbocycles. The Bertz CT molecular complexity index is 422. The van der Waals surface area contributed by atoms with Crippen LogP contribution >= 0.6 is 0 Å². The summed E-state index contributed by atoms with van der Waals surface area (Å²) < 4.78 is 0. The van der Waals surface area contributed by atoms with Crippen LogP contribution in [0.15, 0.2) is 0 Å². The van der Waals surface area contributed by atoms with Gasteiger partial charge >= 0.3 is 0 Å². The Labute approximate surface area is 116 Å². The van der Waals surface area contributed by atoms with E-state index in [4.69, 9.17) is 4.98 Å². The minimum Gasteiger partial charge on any atom is -0.373 e. The lowest BCUT2D eigenvalue weighted by atomic mass is 10.0. The van der Waals surface area contributed by atoms with Crippen LogP contribution in [-0.4, -0.2) is 23.6 Å². The van der Waals surface area contributed by atoms with E-state index in [1.165, 1.54) is 25.7 Å². The molecule has 0 spiro atoms. The molecule has 0 unspecified atom stereocenters. The fraction of sp³-hybridized carbons (Fsp3) is 0.733. The van der Waals surface area contributed by atoms with Crippen LogP contribution < -0.4 is 10.6 Å². The summed E-state index contributed by atoms with van der Waals surface area (Å²) in [7, 11) is 1.93. The molecule has 0 amide bonds. The van der Waals surface area contributed by atoms with Crippen molar-refractivity contribution in [3.05, 3.63) is 11.4 Å². The van der Waals surface area contributed by atoms with Gasteiger partial charge in [-0.25, -0.2) is 9.97 Å². The fourth-order valence-corrected chi connectivity index (χ4v) is 2.29. The highest BCUT2D eigenvalue weighted by Crippen LogP contribution is 2.39. The van der Waals surface area contributed by atoms with Gasteiger partial charge in [0.25, 0.3) is 0 Å². The summed E-state index contributed by atoms with van der Waals surface area (Å²) in [5.41, 5.74) is 1.12. The van der Waals surface area contributed by atoms with E-state index in [1.807, 2.05) is 7.05 Å². The molecule has 4 heteroatoms. The van der Waals surface area contributed by atoms with E-state index in [0.717, 1.165) is 35.5 Å². The van der Waals surface area contributed by atoms with E-state index in [2.05, 4.69) is 36.4 Å². The van der Waals surface area contributed by atoms with Crippen molar-refractivity contribution < 1.29 is 0 Å². The first-order valence-corrected chi connectivity index (χ1v) is 7.49. The van der Waals surface area contributed by atoms with Gasteiger partial charge in [0.15, 0.2) is 0 Å². The van der Waals surface area contributed by atoms with Gasteiger partial charge in [-0.3, -0.25) is 0 Å². The molecular formula is C15H26N4. The third-order valence-electron chi connectivity index (χ3n) is 4.06. The summed E-state index contributed by atoms with van der Waals surface area (Å²) in [6, 6.07) is 0. The molecule has 0 bridgehead atoms. The molecular weight excluding hydrogens is 236 g/mol. The number of hydrogen-bond donors (Lipinski definition) is 2. The Morgan fingerprint density at radius 1 is 1.16 bits per heavy atom. The van der Waals surface area contributed by atoms with Gasteiger partial charge in [-0.2, -0.15) is 0 Å². The van der Waals surface area contributed by atoms with Gasteiger partial charge in [0.2, 0.25) is 0 Å². The first-order valence-electron chi connectivity index (χ1n) is 7.49. The van der Waals surface area contributed by atoms with Crippen LogP contribution in [0.1, 0.15) is 56.8 Å². The van der Waals surface area contributed by atoms with Crippen LogP contribution in [-0.2, 0) is 0 Å². The predicted molar refractivity (Wildman–Crippen MR) is 80.9 cm³/mol. The lowest BCUT2D eigenvalue weighted by Crippen LogP contribution is -2.16. The van der Waals surface area contributed by atoms with E-state index in [9.17, 15) is 0 Å². The molecule has 1 aromatic heterocycles. The molecule has 106 valence electrons. The lowest BCUT2D eigenvalue weighted by molar-refractivity contribution is 0.518. The second-order valence-electron chi connectivity index (χ2n) is 5.49. The third kappa shape index (κ3) is 3.37. The van der Waals surface area contributed by atoms with Crippen LogP contribution in [0.2, 0.25) is 0 Å². The summed E-state index contributed by atoms with van der Waals surface area (Å²) in [6.45, 7) is 7.57. The van der Waals surface area contributed by atoms with Crippen LogP contribution in [0.25, 0.3) is 0 Å². The van der Waals surface area contributed by atoms with Gasteiger partial charge in [-0.05, 0) is 25.7 Å². The molecule has 1 saturated carbocycles. The van der Waals surface area contributed by atoms with E-state index in [0.29, 0.717) is 5.92 Å². The normalized spacial score (nSPS) is 14.8. The van der Waals surface area contributed by atoms with E-state index >= 15 is 0 Å². The van der Waals surface area contributed by atoms with Crippen LogP contribution in [0.4, 0.5) is 11.6 Å². The molecule has 0 aliphatic heterocycles. The minimum absolute atomic E-state index is 0.585. The minimum atomic E-state index is 0.585. The molecule has 1 fully saturated rings. The van der Waals surface area contributed by atoms with E-state index < -0.39 is 0 Å². The summed E-state index contributed by atoms with van der Waals surface area (Å²) in [5, 5.41) is 6.70. The number of rotatable bonds is 7. The molecule has 2 rings (SSSR count). The zero-order valence-electron chi connectivity index (χ0n) is 12.6. The molecule has 0 atom stereocenters. The van der Waals surface area contributed by atoms with Crippen molar-refractivity contribution in [2.45, 2.75) is 52.4 Å². The van der Waals surface area contributed by atoms with Crippen molar-refractivity contribution in [2.75, 3.05) is 24.2 Å². The second kappa shape index (κ2) is 6.22. The summed E-state index contributed by atoms with van der Waals surface area (Å²) in [4.78, 5) is 9.34. The summed E-state index contributed by atoms with van der Waals surface area (Å²) in [5.74, 6) is 4.28. The second-order valence-corrected chi connectivity index (χ2v) is 5.49. The van der Waals surface area contributed by atoms with E-state index in [1.54, 1.807) is 0 Å². The lowest BCUT2D eigenvalue weighted by Gasteiger charge is -2.17. The molecule has 1 aromatic rings. The highest BCUT2D eigenvalue weighted by Gasteiger charge is 2.28. The van der Waals surface area contributed by atoms with Crippen molar-refractivity contribution in [2.24, 2.45) is 5.92 Å². The molecule has 1 heterocycles. The van der Waals surface area contributed by atoms with Crippen LogP contribution in [0, 0.1) is 12.8 Å². The topological polar surface area (TPSA) is 49.8 Å². The summed E-state index contributed by atoms with van der Waals surface area (Å²) in [6.07, 6.45) is 4.89. The molecule has 1 aliphatic rings. The van der Waals surface area contributed by atoms with Crippen molar-refractivity contribution in [3.63, 3.8) is 0 Å². The Hall–Kier alpha value is -1.32. The molecule has 0 radical (unpaired) electrons. The zero-order chi connectivity index (χ0) is 13.8. The van der Waals surface area contributed by atoms with Crippen molar-refractivity contribution in [3.8, 4) is 0 Å². The fourth-order valence-electron chi connectivity index (χ4n) is 2.29. The summed E-state index contributed by atoms with van der Waals surface area (Å²) >= 11 is 0. The van der Waals surface area contributed by atoms with Crippen molar-refractivity contribution in [1.82, 2.24) is 9.97 Å². The highest BCUT2D eigenvalue weighted by atomic mass is 15.1. The number of hydrogen-bond acceptors (Lipinski definition) is 4. The first kappa shape index (κ1) is 14.1. The smallest absolute Gasteiger partial charge is 0.136 e. The van der Waals surface area contributed by atoms with Gasteiger partial charge in [-0.15, -0.1) is 0 Å². The Kier molecular flexibility index (Phi) is 4.61. The number of aromatic nitrogens is 2. The SMILES string of the molecule is CCC(CC)CNc1nc(C2CC2)nc(NC)c1C. The average Bonchev–Trinajstić information content (AvgIpc) is 3.26. The standard InChI is InChI=1S/C15H26N4/c1-5-11(6-2)9-17-14-10(3)13(16-4)18-15(19-14)12-7-8-12/h11-12H,5-9H2,1-4H3,(H2,16,17,18,19). The van der Waals surface area contributed by atoms with Gasteiger partial charge in [0.1, 0.15) is 17.5 Å². The number of nitrogens with one attached hydrogen (secondary N) is 2. The van der Waals surface area contributed by atoms with Crippen molar-refractivity contribution >= 4 is 11.6 Å². The van der Waals surface area contributed by atoms with Gasteiger partial charge < -0.3 is 10.6 Å². The molecule has 2 N–H and O–H groups in total. The number of nitrogens with zero attached hydrogens (tertiary/aromatic N) is 2. The zero-order valence-corrected chi connectivity index (χ0v) is 12.6. The molecule has 0 saturated heterocycles. The maximum atomic E-state index is 4.72. The van der Waals surface area contributed by atoms with Crippen LogP contribution in [0.5, 0.6) is 0 Å². The largest absolute Gasteiger partial charge is 0.373 e. The average molecular weight is 262 g/mol. The third-order valence-corrected chi connectivity index (χ3v) is 4.06. The van der Waals surface area contributed by atoms with Crippen LogP contribution in [0.3, 0.4) is 0 Å². The monoisotopic (exact) mass is 262 g/mol. The first-order chi connectivity index (χ1) is 9.19. The maximum Gasteiger partial charge on any atom is 0.136 e. The molecule has 4 nitrogen and oxygen atoms in total. The molecule has 0 aromatic carbocycles. The quantitative estimate of drug-likeness (QED) is 0.789. The highest BCUT2D eigenvalue weighted by molar-refractivity contribution is 5.57. The Balaban J connectivity index is 2.15. The van der Waals surface area contributed by atoms with Gasteiger partial charge in [0, 0.05) is 25.1 Å². The van der Waals surface area contributed by atoms with E-state index in [-0.39, 0.29) is 0 Å². The molecule has 19 heavy (non-hydrogen) atoms. The van der Waals surface area contributed by atoms with Gasteiger partial charge in [-0.1, -0.05) is 26.7 Å². The Morgan fingerprint density at radius 2 is 1.79 bits per heavy atom. The Morgan fingerprint density at radius 3 is 2.32 bits per heavy atom. The predicted octanol–water partition coefficient (Wildman–Crippen LogP) is 3.55. The number of anilines is 2. The van der Waals surface area contributed by atoms with Crippen molar-refractivity contribution in [1.29, 1.82) is 0 Å².